The van der Waals surface area contributed by atoms with Crippen molar-refractivity contribution in [1.82, 2.24) is 15.2 Å². The van der Waals surface area contributed by atoms with Crippen LogP contribution in [0.4, 0.5) is 24.5 Å². The molecule has 0 saturated carbocycles. The van der Waals surface area contributed by atoms with Crippen LogP contribution >= 0.6 is 0 Å². The second kappa shape index (κ2) is 4.43. The zero-order valence-corrected chi connectivity index (χ0v) is 8.69. The number of nitrogens with zero attached hydrogens (tertiary/aromatic N) is 3. The Balaban J connectivity index is 2.38. The van der Waals surface area contributed by atoms with Gasteiger partial charge in [-0.05, 0) is 12.1 Å². The van der Waals surface area contributed by atoms with Crippen molar-refractivity contribution in [1.29, 1.82) is 0 Å². The monoisotopic (exact) mass is 257 g/mol. The van der Waals surface area contributed by atoms with E-state index in [4.69, 9.17) is 0 Å². The quantitative estimate of drug-likeness (QED) is 0.810. The highest BCUT2D eigenvalue weighted by Crippen LogP contribution is 2.32. The van der Waals surface area contributed by atoms with Crippen LogP contribution in [0.25, 0.3) is 0 Å². The first kappa shape index (κ1) is 12.0. The molecule has 0 saturated heterocycles. The molecule has 0 amide bonds. The van der Waals surface area contributed by atoms with E-state index in [1.807, 2.05) is 5.10 Å². The number of hydrogen-bond acceptors (Lipinski definition) is 4. The first-order valence-corrected chi connectivity index (χ1v) is 4.68. The Morgan fingerprint density at radius 2 is 2.00 bits per heavy atom. The van der Waals surface area contributed by atoms with Crippen LogP contribution in [0.3, 0.4) is 0 Å². The molecule has 0 aliphatic carbocycles. The van der Waals surface area contributed by atoms with Gasteiger partial charge >= 0.3 is 6.18 Å². The summed E-state index contributed by atoms with van der Waals surface area (Å²) in [5.74, 6) is 0. The first-order chi connectivity index (χ1) is 8.48. The second-order valence-electron chi connectivity index (χ2n) is 3.21. The molecule has 0 unspecified atom stereocenters. The number of aromatic nitrogens is 3. The summed E-state index contributed by atoms with van der Waals surface area (Å²) < 4.78 is 37.5. The predicted molar refractivity (Wildman–Crippen MR) is 54.8 cm³/mol. The van der Waals surface area contributed by atoms with Crippen molar-refractivity contribution < 1.29 is 13.2 Å². The summed E-state index contributed by atoms with van der Waals surface area (Å²) in [7, 11) is 0. The summed E-state index contributed by atoms with van der Waals surface area (Å²) in [6.45, 7) is 0. The Bertz CT molecular complexity index is 613. The lowest BCUT2D eigenvalue weighted by atomic mass is 10.4. The van der Waals surface area contributed by atoms with Gasteiger partial charge in [-0.15, -0.1) is 10.2 Å². The number of alkyl halides is 3. The Morgan fingerprint density at radius 3 is 2.61 bits per heavy atom. The van der Waals surface area contributed by atoms with Crippen LogP contribution in [0.1, 0.15) is 5.69 Å². The molecule has 2 aromatic rings. The summed E-state index contributed by atoms with van der Waals surface area (Å²) in [6, 6.07) is 3.03. The molecule has 9 heteroatoms. The number of rotatable bonds is 2. The molecule has 94 valence electrons. The molecule has 0 aliphatic rings. The van der Waals surface area contributed by atoms with Crippen molar-refractivity contribution in [3.05, 3.63) is 40.6 Å². The van der Waals surface area contributed by atoms with Crippen molar-refractivity contribution in [2.45, 2.75) is 6.18 Å². The minimum Gasteiger partial charge on any atom is -0.292 e. The van der Waals surface area contributed by atoms with E-state index in [-0.39, 0.29) is 5.69 Å². The predicted octanol–water partition coefficient (Wildman–Crippen LogP) is 2.53. The first-order valence-electron chi connectivity index (χ1n) is 4.68. The van der Waals surface area contributed by atoms with E-state index >= 15 is 0 Å². The maximum Gasteiger partial charge on any atom is 0.435 e. The standard InChI is InChI=1S/C9H6F3N5O/c10-9(11,12)7-6(8(18)17-16-7)15-14-5-2-1-3-13-4-5/h1-4H,(H2,16,17,18). The SMILES string of the molecule is O=c1[nH][nH]c(C(F)(F)F)c1N=Nc1cccnc1. The van der Waals surface area contributed by atoms with Gasteiger partial charge in [0.25, 0.3) is 5.56 Å². The summed E-state index contributed by atoms with van der Waals surface area (Å²) in [5.41, 5.74) is -2.83. The largest absolute Gasteiger partial charge is 0.435 e. The van der Waals surface area contributed by atoms with Gasteiger partial charge in [-0.25, -0.2) is 0 Å². The van der Waals surface area contributed by atoms with Crippen LogP contribution in [0.5, 0.6) is 0 Å². The van der Waals surface area contributed by atoms with Crippen LogP contribution in [-0.2, 0) is 6.18 Å². The van der Waals surface area contributed by atoms with Crippen molar-refractivity contribution in [3.8, 4) is 0 Å². The van der Waals surface area contributed by atoms with Gasteiger partial charge in [-0.2, -0.15) is 13.2 Å². The maximum absolute atomic E-state index is 12.5. The summed E-state index contributed by atoms with van der Waals surface area (Å²) in [5, 5.41) is 10.3. The molecule has 18 heavy (non-hydrogen) atoms. The lowest BCUT2D eigenvalue weighted by molar-refractivity contribution is -0.140. The van der Waals surface area contributed by atoms with Gasteiger partial charge in [0.1, 0.15) is 5.69 Å². The minimum atomic E-state index is -4.71. The molecule has 2 heterocycles. The zero-order chi connectivity index (χ0) is 13.2. The number of nitrogens with one attached hydrogen (secondary N) is 2. The van der Waals surface area contributed by atoms with Gasteiger partial charge < -0.3 is 0 Å². The molecule has 2 rings (SSSR count). The summed E-state index contributed by atoms with van der Waals surface area (Å²) in [4.78, 5) is 14.9. The average Bonchev–Trinajstić information content (AvgIpc) is 2.69. The fraction of sp³-hybridized carbons (Fsp3) is 0.111. The molecule has 2 N–H and O–H groups in total. The van der Waals surface area contributed by atoms with Gasteiger partial charge in [0.2, 0.25) is 0 Å². The van der Waals surface area contributed by atoms with Crippen LogP contribution in [0.2, 0.25) is 0 Å². The zero-order valence-electron chi connectivity index (χ0n) is 8.69. The lowest BCUT2D eigenvalue weighted by Crippen LogP contribution is -2.06. The number of hydrogen-bond donors (Lipinski definition) is 2. The highest BCUT2D eigenvalue weighted by atomic mass is 19.4. The second-order valence-corrected chi connectivity index (χ2v) is 3.21. The van der Waals surface area contributed by atoms with Crippen molar-refractivity contribution >= 4 is 11.4 Å². The third-order valence-electron chi connectivity index (χ3n) is 1.95. The van der Waals surface area contributed by atoms with Gasteiger partial charge in [0, 0.05) is 6.20 Å². The third-order valence-corrected chi connectivity index (χ3v) is 1.95. The topological polar surface area (TPSA) is 86.3 Å². The molecule has 0 aromatic carbocycles. The molecular weight excluding hydrogens is 251 g/mol. The normalized spacial score (nSPS) is 12.2. The molecule has 0 spiro atoms. The maximum atomic E-state index is 12.5. The fourth-order valence-corrected chi connectivity index (χ4v) is 1.17. The van der Waals surface area contributed by atoms with E-state index in [1.54, 1.807) is 11.2 Å². The molecule has 2 aromatic heterocycles. The van der Waals surface area contributed by atoms with E-state index in [2.05, 4.69) is 15.2 Å². The van der Waals surface area contributed by atoms with Crippen molar-refractivity contribution in [3.63, 3.8) is 0 Å². The van der Waals surface area contributed by atoms with E-state index in [9.17, 15) is 18.0 Å². The number of azo groups is 1. The summed E-state index contributed by atoms with van der Waals surface area (Å²) in [6.07, 6.45) is -1.93. The molecule has 0 atom stereocenters. The molecule has 0 fully saturated rings. The van der Waals surface area contributed by atoms with Gasteiger partial charge in [-0.3, -0.25) is 20.0 Å². The molecule has 0 aliphatic heterocycles. The average molecular weight is 257 g/mol. The molecule has 0 bridgehead atoms. The smallest absolute Gasteiger partial charge is 0.292 e. The third kappa shape index (κ3) is 2.44. The van der Waals surface area contributed by atoms with E-state index in [0.29, 0.717) is 0 Å². The van der Waals surface area contributed by atoms with Crippen LogP contribution in [0.15, 0.2) is 39.5 Å². The van der Waals surface area contributed by atoms with Gasteiger partial charge in [-0.1, -0.05) is 0 Å². The van der Waals surface area contributed by atoms with E-state index < -0.39 is 23.1 Å². The van der Waals surface area contributed by atoms with Gasteiger partial charge in [0.05, 0.1) is 6.20 Å². The number of pyridine rings is 1. The highest BCUT2D eigenvalue weighted by Gasteiger charge is 2.37. The summed E-state index contributed by atoms with van der Waals surface area (Å²) >= 11 is 0. The number of H-pyrrole nitrogens is 2. The number of halogens is 3. The van der Waals surface area contributed by atoms with E-state index in [1.165, 1.54) is 18.5 Å². The molecular formula is C9H6F3N5O. The Labute approximate surface area is 97.6 Å². The Morgan fingerprint density at radius 1 is 1.22 bits per heavy atom. The van der Waals surface area contributed by atoms with Crippen LogP contribution < -0.4 is 5.56 Å². The van der Waals surface area contributed by atoms with Gasteiger partial charge in [0.15, 0.2) is 11.4 Å². The highest BCUT2D eigenvalue weighted by molar-refractivity contribution is 5.42. The van der Waals surface area contributed by atoms with Crippen LogP contribution in [-0.4, -0.2) is 15.2 Å². The fourth-order valence-electron chi connectivity index (χ4n) is 1.17. The Hall–Kier alpha value is -2.45. The minimum absolute atomic E-state index is 0.242. The van der Waals surface area contributed by atoms with Crippen molar-refractivity contribution in [2.75, 3.05) is 0 Å². The van der Waals surface area contributed by atoms with E-state index in [0.717, 1.165) is 0 Å². The van der Waals surface area contributed by atoms with Crippen molar-refractivity contribution in [2.24, 2.45) is 10.2 Å². The molecule has 6 nitrogen and oxygen atoms in total. The van der Waals surface area contributed by atoms with Crippen LogP contribution in [0, 0.1) is 0 Å². The number of aromatic amines is 2. The Kier molecular flexibility index (Phi) is 2.96. The lowest BCUT2D eigenvalue weighted by Gasteiger charge is -2.02. The molecule has 0 radical (unpaired) electrons.